The number of halogens is 2. The van der Waals surface area contributed by atoms with E-state index in [-0.39, 0.29) is 6.04 Å². The quantitative estimate of drug-likeness (QED) is 0.777. The molecule has 0 spiro atoms. The molecule has 0 fully saturated rings. The molecule has 1 aromatic carbocycles. The zero-order valence-electron chi connectivity index (χ0n) is 12.2. The van der Waals surface area contributed by atoms with E-state index in [2.05, 4.69) is 28.8 Å². The van der Waals surface area contributed by atoms with Gasteiger partial charge in [0.1, 0.15) is 0 Å². The van der Waals surface area contributed by atoms with E-state index in [1.54, 1.807) is 0 Å². The predicted octanol–water partition coefficient (Wildman–Crippen LogP) is 4.89. The van der Waals surface area contributed by atoms with Crippen molar-refractivity contribution >= 4 is 34.7 Å². The maximum atomic E-state index is 6.17. The van der Waals surface area contributed by atoms with Crippen molar-refractivity contribution in [1.82, 2.24) is 14.9 Å². The van der Waals surface area contributed by atoms with E-state index >= 15 is 0 Å². The van der Waals surface area contributed by atoms with Gasteiger partial charge in [-0.05, 0) is 48.6 Å². The number of rotatable bonds is 7. The highest BCUT2D eigenvalue weighted by atomic mass is 35.5. The molecule has 2 aromatic rings. The maximum Gasteiger partial charge on any atom is 0.0807 e. The largest absolute Gasteiger partial charge is 0.305 e. The van der Waals surface area contributed by atoms with Crippen molar-refractivity contribution in [2.24, 2.45) is 0 Å². The van der Waals surface area contributed by atoms with Crippen LogP contribution in [-0.2, 0) is 6.42 Å². The third kappa shape index (κ3) is 4.16. The van der Waals surface area contributed by atoms with Gasteiger partial charge in [0.25, 0.3) is 0 Å². The second kappa shape index (κ2) is 8.08. The van der Waals surface area contributed by atoms with Gasteiger partial charge in [-0.25, -0.2) is 0 Å². The lowest BCUT2D eigenvalue weighted by molar-refractivity contribution is 0.599. The molecular formula is C15H19Cl2N3S. The first kappa shape index (κ1) is 16.7. The van der Waals surface area contributed by atoms with Crippen molar-refractivity contribution in [1.29, 1.82) is 0 Å². The van der Waals surface area contributed by atoms with Gasteiger partial charge in [-0.1, -0.05) is 54.0 Å². The normalized spacial score (nSPS) is 12.6. The average Bonchev–Trinajstić information content (AvgIpc) is 2.92. The van der Waals surface area contributed by atoms with Crippen molar-refractivity contribution in [2.75, 3.05) is 6.54 Å². The molecule has 0 aliphatic rings. The van der Waals surface area contributed by atoms with Crippen molar-refractivity contribution in [3.05, 3.63) is 44.4 Å². The van der Waals surface area contributed by atoms with Crippen LogP contribution in [0.5, 0.6) is 0 Å². The summed E-state index contributed by atoms with van der Waals surface area (Å²) in [6.45, 7) is 5.22. The van der Waals surface area contributed by atoms with Crippen molar-refractivity contribution in [3.8, 4) is 0 Å². The van der Waals surface area contributed by atoms with E-state index < -0.39 is 0 Å². The summed E-state index contributed by atoms with van der Waals surface area (Å²) in [7, 11) is 0. The van der Waals surface area contributed by atoms with Crippen LogP contribution in [0.25, 0.3) is 0 Å². The van der Waals surface area contributed by atoms with Gasteiger partial charge in [0.15, 0.2) is 0 Å². The van der Waals surface area contributed by atoms with Crippen LogP contribution >= 0.6 is 34.7 Å². The van der Waals surface area contributed by atoms with Gasteiger partial charge in [0.05, 0.1) is 26.7 Å². The molecule has 2 rings (SSSR count). The highest BCUT2D eigenvalue weighted by molar-refractivity contribution is 7.05. The molecule has 0 bridgehead atoms. The highest BCUT2D eigenvalue weighted by Gasteiger charge is 2.21. The Balaban J connectivity index is 2.37. The van der Waals surface area contributed by atoms with Gasteiger partial charge in [-0.2, -0.15) is 0 Å². The number of hydrogen-bond acceptors (Lipinski definition) is 4. The molecule has 1 aromatic heterocycles. The summed E-state index contributed by atoms with van der Waals surface area (Å²) in [5, 5.41) is 8.98. The van der Waals surface area contributed by atoms with Gasteiger partial charge in [0, 0.05) is 0 Å². The molecule has 1 atom stereocenters. The molecule has 0 saturated heterocycles. The molecule has 1 N–H and O–H groups in total. The minimum absolute atomic E-state index is 0.0706. The summed E-state index contributed by atoms with van der Waals surface area (Å²) >= 11 is 13.6. The molecule has 3 nitrogen and oxygen atoms in total. The number of aryl methyl sites for hydroxylation is 1. The Hall–Kier alpha value is -0.680. The Bertz CT molecular complexity index is 586. The van der Waals surface area contributed by atoms with Gasteiger partial charge in [-0.3, -0.25) is 0 Å². The summed E-state index contributed by atoms with van der Waals surface area (Å²) in [6, 6.07) is 5.85. The van der Waals surface area contributed by atoms with Crippen LogP contribution in [-0.4, -0.2) is 16.1 Å². The molecule has 1 heterocycles. The second-order valence-corrected chi connectivity index (χ2v) is 6.49. The van der Waals surface area contributed by atoms with Crippen LogP contribution in [0.1, 0.15) is 48.9 Å². The molecule has 0 radical (unpaired) electrons. The monoisotopic (exact) mass is 343 g/mol. The summed E-state index contributed by atoms with van der Waals surface area (Å²) in [4.78, 5) is 1.17. The summed E-state index contributed by atoms with van der Waals surface area (Å²) < 4.78 is 4.13. The first-order chi connectivity index (χ1) is 10.2. The zero-order chi connectivity index (χ0) is 15.2. The second-order valence-electron chi connectivity index (χ2n) is 4.89. The molecule has 0 saturated carbocycles. The van der Waals surface area contributed by atoms with Crippen LogP contribution < -0.4 is 5.32 Å². The number of aromatic nitrogens is 2. The Morgan fingerprint density at radius 1 is 1.19 bits per heavy atom. The van der Waals surface area contributed by atoms with Crippen LogP contribution in [0.4, 0.5) is 0 Å². The van der Waals surface area contributed by atoms with E-state index in [0.29, 0.717) is 10.0 Å². The molecule has 0 amide bonds. The number of nitrogens with zero attached hydrogens (tertiary/aromatic N) is 2. The van der Waals surface area contributed by atoms with E-state index in [1.807, 2.05) is 18.2 Å². The van der Waals surface area contributed by atoms with Crippen LogP contribution in [0.2, 0.25) is 10.0 Å². The van der Waals surface area contributed by atoms with Gasteiger partial charge < -0.3 is 5.32 Å². The van der Waals surface area contributed by atoms with Crippen molar-refractivity contribution < 1.29 is 0 Å². The topological polar surface area (TPSA) is 37.8 Å². The molecule has 0 aliphatic heterocycles. The first-order valence-corrected chi connectivity index (χ1v) is 8.69. The summed E-state index contributed by atoms with van der Waals surface area (Å²) in [5.41, 5.74) is 2.17. The average molecular weight is 344 g/mol. The molecule has 114 valence electrons. The lowest BCUT2D eigenvalue weighted by Crippen LogP contribution is -2.23. The highest BCUT2D eigenvalue weighted by Crippen LogP contribution is 2.31. The number of nitrogens with one attached hydrogen (secondary N) is 1. The molecular weight excluding hydrogens is 325 g/mol. The van der Waals surface area contributed by atoms with Gasteiger partial charge in [0.2, 0.25) is 0 Å². The van der Waals surface area contributed by atoms with Gasteiger partial charge in [-0.15, -0.1) is 5.10 Å². The lowest BCUT2D eigenvalue weighted by Gasteiger charge is -2.19. The van der Waals surface area contributed by atoms with E-state index in [0.717, 1.165) is 37.1 Å². The van der Waals surface area contributed by atoms with Gasteiger partial charge >= 0.3 is 0 Å². The predicted molar refractivity (Wildman–Crippen MR) is 90.5 cm³/mol. The minimum Gasteiger partial charge on any atom is -0.305 e. The Labute approximate surface area is 139 Å². The lowest BCUT2D eigenvalue weighted by atomic mass is 10.0. The Morgan fingerprint density at radius 3 is 2.67 bits per heavy atom. The smallest absolute Gasteiger partial charge is 0.0807 e. The summed E-state index contributed by atoms with van der Waals surface area (Å²) in [6.07, 6.45) is 3.06. The van der Waals surface area contributed by atoms with Crippen molar-refractivity contribution in [2.45, 2.75) is 39.2 Å². The Kier molecular flexibility index (Phi) is 6.42. The summed E-state index contributed by atoms with van der Waals surface area (Å²) in [5.74, 6) is 0. The third-order valence-electron chi connectivity index (χ3n) is 3.21. The van der Waals surface area contributed by atoms with E-state index in [1.165, 1.54) is 16.4 Å². The fraction of sp³-hybridized carbons (Fsp3) is 0.467. The van der Waals surface area contributed by atoms with Crippen molar-refractivity contribution in [3.63, 3.8) is 0 Å². The number of hydrogen-bond donors (Lipinski definition) is 1. The number of benzene rings is 1. The maximum absolute atomic E-state index is 6.17. The van der Waals surface area contributed by atoms with Crippen LogP contribution in [0.15, 0.2) is 18.2 Å². The SMILES string of the molecule is CCCNC(c1ccc(Cl)c(Cl)c1)c1snnc1CCC. The minimum atomic E-state index is 0.0706. The van der Waals surface area contributed by atoms with Crippen LogP contribution in [0.3, 0.4) is 0 Å². The van der Waals surface area contributed by atoms with E-state index in [9.17, 15) is 0 Å². The molecule has 0 aliphatic carbocycles. The molecule has 6 heteroatoms. The molecule has 1 unspecified atom stereocenters. The van der Waals surface area contributed by atoms with Crippen LogP contribution in [0, 0.1) is 0 Å². The fourth-order valence-corrected chi connectivity index (χ4v) is 3.29. The molecule has 21 heavy (non-hydrogen) atoms. The van der Waals surface area contributed by atoms with E-state index in [4.69, 9.17) is 23.2 Å². The first-order valence-electron chi connectivity index (χ1n) is 7.16. The zero-order valence-corrected chi connectivity index (χ0v) is 14.5. The standard InChI is InChI=1S/C15H19Cl2N3S/c1-3-5-13-15(21-20-19-13)14(18-8-4-2)10-6-7-11(16)12(17)9-10/h6-7,9,14,18H,3-5,8H2,1-2H3. The third-order valence-corrected chi connectivity index (χ3v) is 4.78. The fourth-order valence-electron chi connectivity index (χ4n) is 2.19. The Morgan fingerprint density at radius 2 is 2.00 bits per heavy atom.